The Morgan fingerprint density at radius 1 is 1.57 bits per heavy atom. The number of aromatic nitrogens is 1. The Labute approximate surface area is 81.5 Å². The maximum atomic E-state index is 13.2. The minimum absolute atomic E-state index is 0.0914. The molecular weight excluding hydrogens is 188 g/mol. The second kappa shape index (κ2) is 4.32. The van der Waals surface area contributed by atoms with E-state index in [1.807, 2.05) is 0 Å². The van der Waals surface area contributed by atoms with E-state index in [-0.39, 0.29) is 11.9 Å². The molecule has 78 valence electrons. The SMILES string of the molecule is CC(N)CN(C)c1ncc(F)cc1F. The average molecular weight is 201 g/mol. The van der Waals surface area contributed by atoms with E-state index in [1.54, 1.807) is 18.9 Å². The van der Waals surface area contributed by atoms with Crippen molar-refractivity contribution in [2.24, 2.45) is 5.73 Å². The van der Waals surface area contributed by atoms with E-state index in [4.69, 9.17) is 5.73 Å². The number of hydrogen-bond acceptors (Lipinski definition) is 3. The van der Waals surface area contributed by atoms with Gasteiger partial charge in [-0.05, 0) is 6.92 Å². The first-order valence-corrected chi connectivity index (χ1v) is 4.28. The summed E-state index contributed by atoms with van der Waals surface area (Å²) in [5.41, 5.74) is 5.54. The minimum atomic E-state index is -0.680. The predicted octanol–water partition coefficient (Wildman–Crippen LogP) is 1.14. The first-order valence-electron chi connectivity index (χ1n) is 4.28. The fourth-order valence-electron chi connectivity index (χ4n) is 1.21. The number of nitrogens with zero attached hydrogens (tertiary/aromatic N) is 2. The molecule has 3 nitrogen and oxygen atoms in total. The Morgan fingerprint density at radius 3 is 2.71 bits per heavy atom. The maximum Gasteiger partial charge on any atom is 0.168 e. The Balaban J connectivity index is 2.84. The van der Waals surface area contributed by atoms with Crippen molar-refractivity contribution in [3.05, 3.63) is 23.9 Å². The Kier molecular flexibility index (Phi) is 3.35. The molecule has 0 aromatic carbocycles. The molecule has 14 heavy (non-hydrogen) atoms. The third-order valence-electron chi connectivity index (χ3n) is 1.71. The van der Waals surface area contributed by atoms with Crippen molar-refractivity contribution < 1.29 is 8.78 Å². The molecule has 0 saturated carbocycles. The van der Waals surface area contributed by atoms with Crippen molar-refractivity contribution in [3.63, 3.8) is 0 Å². The fourth-order valence-corrected chi connectivity index (χ4v) is 1.21. The van der Waals surface area contributed by atoms with Gasteiger partial charge in [0, 0.05) is 25.7 Å². The highest BCUT2D eigenvalue weighted by molar-refractivity contribution is 5.38. The molecule has 0 fully saturated rings. The molecule has 0 spiro atoms. The number of halogens is 2. The predicted molar refractivity (Wildman–Crippen MR) is 51.1 cm³/mol. The molecule has 2 N–H and O–H groups in total. The zero-order chi connectivity index (χ0) is 10.7. The van der Waals surface area contributed by atoms with Crippen molar-refractivity contribution in [2.45, 2.75) is 13.0 Å². The summed E-state index contributed by atoms with van der Waals surface area (Å²) in [5, 5.41) is 0. The summed E-state index contributed by atoms with van der Waals surface area (Å²) < 4.78 is 25.7. The van der Waals surface area contributed by atoms with Crippen LogP contribution in [0.15, 0.2) is 12.3 Å². The van der Waals surface area contributed by atoms with Gasteiger partial charge in [-0.3, -0.25) is 0 Å². The molecule has 1 unspecified atom stereocenters. The van der Waals surface area contributed by atoms with Crippen LogP contribution in [0.5, 0.6) is 0 Å². The van der Waals surface area contributed by atoms with E-state index in [1.165, 1.54) is 0 Å². The highest BCUT2D eigenvalue weighted by atomic mass is 19.1. The molecule has 0 radical (unpaired) electrons. The van der Waals surface area contributed by atoms with Gasteiger partial charge in [-0.1, -0.05) is 0 Å². The lowest BCUT2D eigenvalue weighted by Gasteiger charge is -2.20. The third kappa shape index (κ3) is 2.63. The molecule has 1 heterocycles. The van der Waals surface area contributed by atoms with E-state index in [0.29, 0.717) is 6.54 Å². The van der Waals surface area contributed by atoms with E-state index < -0.39 is 11.6 Å². The van der Waals surface area contributed by atoms with Crippen molar-refractivity contribution >= 4 is 5.82 Å². The van der Waals surface area contributed by atoms with Gasteiger partial charge in [0.25, 0.3) is 0 Å². The summed E-state index contributed by atoms with van der Waals surface area (Å²) >= 11 is 0. The molecule has 0 aliphatic carbocycles. The maximum absolute atomic E-state index is 13.2. The van der Waals surface area contributed by atoms with Gasteiger partial charge in [-0.2, -0.15) is 0 Å². The zero-order valence-electron chi connectivity index (χ0n) is 8.17. The topological polar surface area (TPSA) is 42.1 Å². The lowest BCUT2D eigenvalue weighted by atomic mass is 10.3. The summed E-state index contributed by atoms with van der Waals surface area (Å²) in [6.07, 6.45) is 0.982. The zero-order valence-corrected chi connectivity index (χ0v) is 8.17. The average Bonchev–Trinajstić information content (AvgIpc) is 2.01. The quantitative estimate of drug-likeness (QED) is 0.797. The number of nitrogens with two attached hydrogens (primary N) is 1. The van der Waals surface area contributed by atoms with Gasteiger partial charge in [0.05, 0.1) is 6.20 Å². The van der Waals surface area contributed by atoms with E-state index >= 15 is 0 Å². The number of pyridine rings is 1. The molecule has 0 bridgehead atoms. The minimum Gasteiger partial charge on any atom is -0.356 e. The second-order valence-electron chi connectivity index (χ2n) is 3.32. The van der Waals surface area contributed by atoms with Crippen LogP contribution < -0.4 is 10.6 Å². The molecular formula is C9H13F2N3. The first kappa shape index (κ1) is 10.8. The van der Waals surface area contributed by atoms with Gasteiger partial charge in [0.1, 0.15) is 5.82 Å². The highest BCUT2D eigenvalue weighted by Gasteiger charge is 2.11. The van der Waals surface area contributed by atoms with Crippen LogP contribution in [0.1, 0.15) is 6.92 Å². The molecule has 0 saturated heterocycles. The molecule has 1 atom stereocenters. The number of hydrogen-bond donors (Lipinski definition) is 1. The van der Waals surface area contributed by atoms with Crippen LogP contribution in [0, 0.1) is 11.6 Å². The molecule has 1 aromatic heterocycles. The largest absolute Gasteiger partial charge is 0.356 e. The summed E-state index contributed by atoms with van der Waals surface area (Å²) in [6, 6.07) is 0.714. The summed E-state index contributed by atoms with van der Waals surface area (Å²) in [5.74, 6) is -1.24. The Hall–Kier alpha value is -1.23. The van der Waals surface area contributed by atoms with Crippen LogP contribution in [0.25, 0.3) is 0 Å². The van der Waals surface area contributed by atoms with Crippen LogP contribution in [0.4, 0.5) is 14.6 Å². The van der Waals surface area contributed by atoms with E-state index in [2.05, 4.69) is 4.98 Å². The lowest BCUT2D eigenvalue weighted by molar-refractivity contribution is 0.567. The van der Waals surface area contributed by atoms with Crippen molar-refractivity contribution in [1.82, 2.24) is 4.98 Å². The van der Waals surface area contributed by atoms with Crippen molar-refractivity contribution in [2.75, 3.05) is 18.5 Å². The Bertz CT molecular complexity index is 315. The Morgan fingerprint density at radius 2 is 2.21 bits per heavy atom. The lowest BCUT2D eigenvalue weighted by Crippen LogP contribution is -2.33. The van der Waals surface area contributed by atoms with E-state index in [0.717, 1.165) is 12.3 Å². The van der Waals surface area contributed by atoms with Gasteiger partial charge in [-0.25, -0.2) is 13.8 Å². The molecule has 0 aliphatic heterocycles. The number of likely N-dealkylation sites (N-methyl/N-ethyl adjacent to an activating group) is 1. The van der Waals surface area contributed by atoms with Gasteiger partial charge in [-0.15, -0.1) is 0 Å². The van der Waals surface area contributed by atoms with Crippen LogP contribution in [-0.2, 0) is 0 Å². The highest BCUT2D eigenvalue weighted by Crippen LogP contribution is 2.14. The van der Waals surface area contributed by atoms with Crippen LogP contribution in [-0.4, -0.2) is 24.6 Å². The fraction of sp³-hybridized carbons (Fsp3) is 0.444. The standard InChI is InChI=1S/C9H13F2N3/c1-6(12)5-14(2)9-8(11)3-7(10)4-13-9/h3-4,6H,5,12H2,1-2H3. The van der Waals surface area contributed by atoms with Crippen molar-refractivity contribution in [3.8, 4) is 0 Å². The molecule has 1 rings (SSSR count). The molecule has 5 heteroatoms. The number of anilines is 1. The first-order chi connectivity index (χ1) is 6.50. The normalized spacial score (nSPS) is 12.6. The van der Waals surface area contributed by atoms with Crippen LogP contribution in [0.2, 0.25) is 0 Å². The molecule has 0 aliphatic rings. The van der Waals surface area contributed by atoms with Gasteiger partial charge in [0.15, 0.2) is 11.6 Å². The smallest absolute Gasteiger partial charge is 0.168 e. The number of rotatable bonds is 3. The molecule has 0 amide bonds. The van der Waals surface area contributed by atoms with Gasteiger partial charge in [0.2, 0.25) is 0 Å². The van der Waals surface area contributed by atoms with Crippen LogP contribution in [0.3, 0.4) is 0 Å². The summed E-state index contributed by atoms with van der Waals surface area (Å²) in [7, 11) is 1.66. The monoisotopic (exact) mass is 201 g/mol. The van der Waals surface area contributed by atoms with E-state index in [9.17, 15) is 8.78 Å². The third-order valence-corrected chi connectivity index (χ3v) is 1.71. The van der Waals surface area contributed by atoms with Gasteiger partial charge < -0.3 is 10.6 Å². The van der Waals surface area contributed by atoms with Crippen molar-refractivity contribution in [1.29, 1.82) is 0 Å². The molecule has 1 aromatic rings. The van der Waals surface area contributed by atoms with Gasteiger partial charge >= 0.3 is 0 Å². The second-order valence-corrected chi connectivity index (χ2v) is 3.32. The van der Waals surface area contributed by atoms with Crippen LogP contribution >= 0.6 is 0 Å². The summed E-state index contributed by atoms with van der Waals surface area (Å²) in [4.78, 5) is 5.21. The summed E-state index contributed by atoms with van der Waals surface area (Å²) in [6.45, 7) is 2.27.